The number of amides is 1. The first-order valence-electron chi connectivity index (χ1n) is 7.32. The van der Waals surface area contributed by atoms with Crippen LogP contribution in [0.3, 0.4) is 0 Å². The zero-order valence-electron chi connectivity index (χ0n) is 13.8. The predicted octanol–water partition coefficient (Wildman–Crippen LogP) is 1.18. The van der Waals surface area contributed by atoms with Crippen LogP contribution in [0.25, 0.3) is 0 Å². The number of hydrogen-bond donors (Lipinski definition) is 1. The largest absolute Gasteiger partial charge is 0.345 e. The molecule has 1 aliphatic heterocycles. The van der Waals surface area contributed by atoms with Gasteiger partial charge in [-0.1, -0.05) is 0 Å². The summed E-state index contributed by atoms with van der Waals surface area (Å²) in [6.07, 6.45) is 0. The van der Waals surface area contributed by atoms with E-state index in [0.717, 1.165) is 0 Å². The van der Waals surface area contributed by atoms with E-state index < -0.39 is 10.0 Å². The van der Waals surface area contributed by atoms with Crippen molar-refractivity contribution in [2.75, 3.05) is 27.2 Å². The van der Waals surface area contributed by atoms with E-state index in [0.29, 0.717) is 18.7 Å². The average Bonchev–Trinajstić information content (AvgIpc) is 2.49. The maximum atomic E-state index is 12.8. The highest BCUT2D eigenvalue weighted by molar-refractivity contribution is 7.89. The van der Waals surface area contributed by atoms with Gasteiger partial charge in [-0.15, -0.1) is 12.4 Å². The van der Waals surface area contributed by atoms with Gasteiger partial charge in [0.05, 0.1) is 4.90 Å². The van der Waals surface area contributed by atoms with Crippen molar-refractivity contribution in [2.45, 2.75) is 30.8 Å². The quantitative estimate of drug-likeness (QED) is 0.877. The first-order valence-corrected chi connectivity index (χ1v) is 8.76. The average molecular weight is 362 g/mol. The lowest BCUT2D eigenvalue weighted by Crippen LogP contribution is -2.57. The second kappa shape index (κ2) is 7.61. The van der Waals surface area contributed by atoms with Gasteiger partial charge in [0.25, 0.3) is 5.91 Å². The number of carbonyl (C=O) groups is 1. The smallest absolute Gasteiger partial charge is 0.253 e. The fraction of sp³-hybridized carbons (Fsp3) is 0.533. The molecule has 130 valence electrons. The third-order valence-electron chi connectivity index (χ3n) is 4.09. The van der Waals surface area contributed by atoms with Crippen LogP contribution in [0, 0.1) is 0 Å². The van der Waals surface area contributed by atoms with Crippen molar-refractivity contribution in [3.63, 3.8) is 0 Å². The van der Waals surface area contributed by atoms with Gasteiger partial charge in [0, 0.05) is 44.8 Å². The molecule has 0 aromatic heterocycles. The molecule has 2 rings (SSSR count). The third kappa shape index (κ3) is 4.03. The minimum atomic E-state index is -3.54. The third-order valence-corrected chi connectivity index (χ3v) is 6.09. The topological polar surface area (TPSA) is 69.7 Å². The molecule has 0 aliphatic carbocycles. The summed E-state index contributed by atoms with van der Waals surface area (Å²) in [5.74, 6) is -0.145. The second-order valence-electron chi connectivity index (χ2n) is 5.82. The zero-order chi connectivity index (χ0) is 16.5. The Kier molecular flexibility index (Phi) is 6.59. The fourth-order valence-electron chi connectivity index (χ4n) is 2.53. The molecule has 0 saturated carbocycles. The first-order chi connectivity index (χ1) is 10.2. The van der Waals surface area contributed by atoms with Gasteiger partial charge >= 0.3 is 0 Å². The molecule has 1 aliphatic rings. The molecule has 0 spiro atoms. The first kappa shape index (κ1) is 19.9. The van der Waals surface area contributed by atoms with Crippen molar-refractivity contribution < 1.29 is 13.2 Å². The van der Waals surface area contributed by atoms with Crippen LogP contribution < -0.4 is 5.32 Å². The second-order valence-corrected chi connectivity index (χ2v) is 7.71. The molecule has 2 atom stereocenters. The summed E-state index contributed by atoms with van der Waals surface area (Å²) in [6, 6.07) is 6.13. The van der Waals surface area contributed by atoms with E-state index in [2.05, 4.69) is 5.32 Å². The van der Waals surface area contributed by atoms with Gasteiger partial charge < -0.3 is 10.2 Å². The molecule has 0 radical (unpaired) electrons. The molecule has 6 nitrogen and oxygen atoms in total. The summed E-state index contributed by atoms with van der Waals surface area (Å²) in [5.41, 5.74) is 0.477. The molecule has 23 heavy (non-hydrogen) atoms. The molecule has 1 heterocycles. The van der Waals surface area contributed by atoms with Gasteiger partial charge in [0.15, 0.2) is 0 Å². The Morgan fingerprint density at radius 2 is 1.78 bits per heavy atom. The normalized spacial score (nSPS) is 22.3. The molecule has 1 aromatic rings. The number of nitrogens with one attached hydrogen (secondary N) is 1. The number of nitrogens with zero attached hydrogens (tertiary/aromatic N) is 2. The van der Waals surface area contributed by atoms with Gasteiger partial charge in [-0.05, 0) is 38.1 Å². The van der Waals surface area contributed by atoms with Crippen molar-refractivity contribution >= 4 is 28.3 Å². The lowest BCUT2D eigenvalue weighted by Gasteiger charge is -2.37. The van der Waals surface area contributed by atoms with Crippen LogP contribution >= 0.6 is 12.4 Å². The number of hydrogen-bond acceptors (Lipinski definition) is 4. The van der Waals surface area contributed by atoms with E-state index in [4.69, 9.17) is 0 Å². The monoisotopic (exact) mass is 361 g/mol. The van der Waals surface area contributed by atoms with Crippen LogP contribution in [0.2, 0.25) is 0 Å². The van der Waals surface area contributed by atoms with Gasteiger partial charge in [-0.3, -0.25) is 4.79 Å². The van der Waals surface area contributed by atoms with Crippen LogP contribution in [0.5, 0.6) is 0 Å². The van der Waals surface area contributed by atoms with Crippen LogP contribution in [0.1, 0.15) is 24.2 Å². The molecular weight excluding hydrogens is 338 g/mol. The molecule has 1 N–H and O–H groups in total. The summed E-state index contributed by atoms with van der Waals surface area (Å²) >= 11 is 0. The van der Waals surface area contributed by atoms with Crippen molar-refractivity contribution in [1.29, 1.82) is 0 Å². The van der Waals surface area contributed by atoms with E-state index in [1.807, 2.05) is 13.8 Å². The van der Waals surface area contributed by atoms with Crippen LogP contribution in [-0.2, 0) is 10.0 Å². The van der Waals surface area contributed by atoms with Crippen molar-refractivity contribution in [3.05, 3.63) is 29.8 Å². The number of benzene rings is 1. The molecule has 0 bridgehead atoms. The van der Waals surface area contributed by atoms with Crippen molar-refractivity contribution in [1.82, 2.24) is 14.5 Å². The van der Waals surface area contributed by atoms with Crippen molar-refractivity contribution in [3.8, 4) is 0 Å². The summed E-state index contributed by atoms with van der Waals surface area (Å²) < 4.78 is 27.0. The van der Waals surface area contributed by atoms with E-state index in [1.165, 1.54) is 21.3 Å². The van der Waals surface area contributed by atoms with Crippen LogP contribution in [0.4, 0.5) is 0 Å². The van der Waals surface area contributed by atoms with E-state index in [1.54, 1.807) is 26.2 Å². The Morgan fingerprint density at radius 1 is 1.22 bits per heavy atom. The molecule has 2 unspecified atom stereocenters. The Hall–Kier alpha value is -1.15. The number of carbonyl (C=O) groups excluding carboxylic acids is 1. The van der Waals surface area contributed by atoms with E-state index in [-0.39, 0.29) is 35.3 Å². The van der Waals surface area contributed by atoms with Crippen LogP contribution in [-0.4, -0.2) is 62.8 Å². The molecule has 1 amide bonds. The minimum Gasteiger partial charge on any atom is -0.345 e. The summed E-state index contributed by atoms with van der Waals surface area (Å²) in [5, 5.41) is 3.27. The van der Waals surface area contributed by atoms with E-state index in [9.17, 15) is 13.2 Å². The highest BCUT2D eigenvalue weighted by atomic mass is 35.5. The maximum Gasteiger partial charge on any atom is 0.253 e. The highest BCUT2D eigenvalue weighted by Crippen LogP contribution is 2.22. The van der Waals surface area contributed by atoms with Gasteiger partial charge in [0.1, 0.15) is 0 Å². The number of piperazine rings is 1. The van der Waals surface area contributed by atoms with Crippen molar-refractivity contribution in [2.24, 2.45) is 0 Å². The Bertz CT molecular complexity index is 646. The Balaban J connectivity index is 0.00000264. The number of halogens is 1. The predicted molar refractivity (Wildman–Crippen MR) is 92.5 cm³/mol. The maximum absolute atomic E-state index is 12.8. The summed E-state index contributed by atoms with van der Waals surface area (Å²) in [4.78, 5) is 13.5. The van der Waals surface area contributed by atoms with Gasteiger partial charge in [-0.25, -0.2) is 8.42 Å². The molecule has 1 saturated heterocycles. The SMILES string of the molecule is CC1NCCN(S(=O)(=O)c2ccc(C(=O)N(C)C)cc2)C1C.Cl. The van der Waals surface area contributed by atoms with Gasteiger partial charge in [-0.2, -0.15) is 4.31 Å². The Morgan fingerprint density at radius 3 is 2.30 bits per heavy atom. The number of sulfonamides is 1. The fourth-order valence-corrected chi connectivity index (χ4v) is 4.23. The van der Waals surface area contributed by atoms with E-state index >= 15 is 0 Å². The lowest BCUT2D eigenvalue weighted by atomic mass is 10.1. The number of rotatable bonds is 3. The summed E-state index contributed by atoms with van der Waals surface area (Å²) in [7, 11) is -0.211. The standard InChI is InChI=1S/C15H23N3O3S.ClH/c1-11-12(2)18(10-9-16-11)22(20,21)14-7-5-13(6-8-14)15(19)17(3)4;/h5-8,11-12,16H,9-10H2,1-4H3;1H. The molecule has 8 heteroatoms. The van der Waals surface area contributed by atoms with Gasteiger partial charge in [0.2, 0.25) is 10.0 Å². The molecular formula is C15H24ClN3O3S. The van der Waals surface area contributed by atoms with Crippen LogP contribution in [0.15, 0.2) is 29.2 Å². The minimum absolute atomic E-state index is 0. The highest BCUT2D eigenvalue weighted by Gasteiger charge is 2.34. The molecule has 1 fully saturated rings. The zero-order valence-corrected chi connectivity index (χ0v) is 15.4. The Labute approximate surface area is 144 Å². The lowest BCUT2D eigenvalue weighted by molar-refractivity contribution is 0.0827. The summed E-state index contributed by atoms with van der Waals surface area (Å²) in [6.45, 7) is 4.97. The molecule has 1 aromatic carbocycles.